The van der Waals surface area contributed by atoms with Crippen molar-refractivity contribution in [1.29, 1.82) is 0 Å². The average molecular weight is 652 g/mol. The molecule has 10 nitrogen and oxygen atoms in total. The molecule has 2 atom stereocenters. The van der Waals surface area contributed by atoms with Gasteiger partial charge >= 0.3 is 0 Å². The molecule has 3 aromatic carbocycles. The first-order valence-electron chi connectivity index (χ1n) is 15.7. The highest BCUT2D eigenvalue weighted by atomic mass is 19.1. The summed E-state index contributed by atoms with van der Waals surface area (Å²) in [6, 6.07) is 14.2. The molecule has 0 radical (unpaired) electrons. The number of primary amides is 1. The molecule has 3 rings (SSSR count). The second-order valence-corrected chi connectivity index (χ2v) is 11.3. The van der Waals surface area contributed by atoms with Crippen LogP contribution < -0.4 is 16.5 Å². The molecule has 12 heteroatoms. The summed E-state index contributed by atoms with van der Waals surface area (Å²) in [6.07, 6.45) is 0.484. The third-order valence-electron chi connectivity index (χ3n) is 7.36. The third-order valence-corrected chi connectivity index (χ3v) is 7.36. The second kappa shape index (κ2) is 17.9. The van der Waals surface area contributed by atoms with E-state index in [-0.39, 0.29) is 41.1 Å². The largest absolute Gasteiger partial charge is 0.390 e. The van der Waals surface area contributed by atoms with E-state index in [0.717, 1.165) is 12.1 Å². The normalized spacial score (nSPS) is 12.3. The topological polar surface area (TPSA) is 145 Å². The highest BCUT2D eigenvalue weighted by Crippen LogP contribution is 2.17. The Labute approximate surface area is 273 Å². The van der Waals surface area contributed by atoms with Crippen LogP contribution in [0.1, 0.15) is 87.0 Å². The molecule has 5 N–H and O–H groups in total. The minimum atomic E-state index is -1.35. The molecule has 0 saturated heterocycles. The number of nitrogens with two attached hydrogens (primary N) is 1. The Bertz CT molecular complexity index is 1510. The van der Waals surface area contributed by atoms with Gasteiger partial charge in [0.15, 0.2) is 0 Å². The smallest absolute Gasteiger partial charge is 0.265 e. The van der Waals surface area contributed by atoms with Crippen molar-refractivity contribution in [2.45, 2.75) is 58.6 Å². The summed E-state index contributed by atoms with van der Waals surface area (Å²) in [6.45, 7) is 6.89. The van der Waals surface area contributed by atoms with Crippen LogP contribution in [-0.2, 0) is 6.42 Å². The molecule has 252 valence electrons. The summed E-state index contributed by atoms with van der Waals surface area (Å²) in [5.41, 5.74) is 8.84. The van der Waals surface area contributed by atoms with Crippen LogP contribution in [0.2, 0.25) is 0 Å². The number of nitrogens with zero attached hydrogens (tertiary/aromatic N) is 2. The Balaban J connectivity index is 1.94. The Morgan fingerprint density at radius 1 is 0.766 bits per heavy atom. The molecule has 0 aliphatic heterocycles. The van der Waals surface area contributed by atoms with E-state index in [9.17, 15) is 33.1 Å². The number of rotatable bonds is 17. The van der Waals surface area contributed by atoms with Gasteiger partial charge in [0.05, 0.1) is 12.1 Å². The lowest BCUT2D eigenvalue weighted by Gasteiger charge is -2.30. The van der Waals surface area contributed by atoms with Crippen LogP contribution in [0, 0.1) is 11.6 Å². The van der Waals surface area contributed by atoms with Crippen LogP contribution >= 0.6 is 0 Å². The van der Waals surface area contributed by atoms with E-state index in [2.05, 4.69) is 10.7 Å². The molecule has 0 spiro atoms. The Hall–Kier alpha value is -4.68. The van der Waals surface area contributed by atoms with Crippen molar-refractivity contribution in [2.75, 3.05) is 26.2 Å². The number of nitrogens with one attached hydrogen (secondary N) is 2. The van der Waals surface area contributed by atoms with Crippen LogP contribution in [0.15, 0.2) is 66.7 Å². The minimum Gasteiger partial charge on any atom is -0.390 e. The summed E-state index contributed by atoms with van der Waals surface area (Å²) in [5, 5.41) is 15.7. The molecule has 3 aromatic rings. The van der Waals surface area contributed by atoms with Crippen molar-refractivity contribution in [3.8, 4) is 0 Å². The van der Waals surface area contributed by atoms with Crippen LogP contribution in [0.5, 0.6) is 0 Å². The number of benzene rings is 3. The fourth-order valence-corrected chi connectivity index (χ4v) is 5.19. The Morgan fingerprint density at radius 2 is 1.34 bits per heavy atom. The van der Waals surface area contributed by atoms with Gasteiger partial charge < -0.3 is 21.1 Å². The van der Waals surface area contributed by atoms with Gasteiger partial charge in [0.1, 0.15) is 11.6 Å². The molecule has 2 unspecified atom stereocenters. The van der Waals surface area contributed by atoms with Gasteiger partial charge in [-0.05, 0) is 73.7 Å². The average Bonchev–Trinajstić information content (AvgIpc) is 3.03. The minimum absolute atomic E-state index is 0.0593. The maximum absolute atomic E-state index is 14.1. The molecule has 47 heavy (non-hydrogen) atoms. The molecule has 0 fully saturated rings. The van der Waals surface area contributed by atoms with Crippen LogP contribution in [-0.4, -0.2) is 77.0 Å². The predicted octanol–water partition coefficient (Wildman–Crippen LogP) is 4.08. The Morgan fingerprint density at radius 3 is 1.91 bits per heavy atom. The van der Waals surface area contributed by atoms with Crippen LogP contribution in [0.3, 0.4) is 0 Å². The lowest BCUT2D eigenvalue weighted by molar-refractivity contribution is 0.0451. The quantitative estimate of drug-likeness (QED) is 0.162. The summed E-state index contributed by atoms with van der Waals surface area (Å²) >= 11 is 0. The molecule has 4 amide bonds. The maximum atomic E-state index is 14.1. The Kier molecular flexibility index (Phi) is 14.0. The zero-order valence-electron chi connectivity index (χ0n) is 27.0. The third kappa shape index (κ3) is 11.0. The van der Waals surface area contributed by atoms with Gasteiger partial charge in [0.2, 0.25) is 5.91 Å². The summed E-state index contributed by atoms with van der Waals surface area (Å²) in [7, 11) is 0. The van der Waals surface area contributed by atoms with Gasteiger partial charge in [0, 0.05) is 54.5 Å². The molecular formula is C35H43F2N5O5. The number of carbonyl (C=O) groups is 4. The summed E-state index contributed by atoms with van der Waals surface area (Å²) in [5.74, 6) is -4.04. The van der Waals surface area contributed by atoms with Crippen molar-refractivity contribution in [3.63, 3.8) is 0 Å². The zero-order chi connectivity index (χ0) is 34.5. The van der Waals surface area contributed by atoms with Gasteiger partial charge in [-0.2, -0.15) is 0 Å². The SMILES string of the molecule is CCCN(CC(O)C(Cc1cc(F)cc(F)c1)NC(=O)c1cc(C(N)=O)cc(C(=O)N(CCC)CCC)c1)NC(=O)c1ccccc1. The van der Waals surface area contributed by atoms with Crippen molar-refractivity contribution in [1.82, 2.24) is 20.7 Å². The summed E-state index contributed by atoms with van der Waals surface area (Å²) in [4.78, 5) is 53.7. The van der Waals surface area contributed by atoms with E-state index in [1.165, 1.54) is 23.2 Å². The lowest BCUT2D eigenvalue weighted by atomic mass is 9.99. The first-order valence-corrected chi connectivity index (χ1v) is 15.7. The molecule has 0 aliphatic carbocycles. The number of aliphatic hydroxyl groups is 1. The van der Waals surface area contributed by atoms with Gasteiger partial charge in [-0.25, -0.2) is 13.8 Å². The molecule has 0 aromatic heterocycles. The number of carbonyl (C=O) groups excluding carboxylic acids is 4. The zero-order valence-corrected chi connectivity index (χ0v) is 27.0. The number of halogens is 2. The van der Waals surface area contributed by atoms with Crippen LogP contribution in [0.4, 0.5) is 8.78 Å². The monoisotopic (exact) mass is 651 g/mol. The van der Waals surface area contributed by atoms with Crippen molar-refractivity contribution in [3.05, 3.63) is 106 Å². The van der Waals surface area contributed by atoms with E-state index in [1.54, 1.807) is 35.2 Å². The highest BCUT2D eigenvalue weighted by molar-refractivity contribution is 6.04. The molecule has 0 saturated carbocycles. The molecule has 0 heterocycles. The summed E-state index contributed by atoms with van der Waals surface area (Å²) < 4.78 is 28.2. The number of hydrogen-bond acceptors (Lipinski definition) is 6. The second-order valence-electron chi connectivity index (χ2n) is 11.3. The first-order chi connectivity index (χ1) is 22.4. The van der Waals surface area contributed by atoms with E-state index < -0.39 is 41.5 Å². The van der Waals surface area contributed by atoms with Crippen molar-refractivity contribution >= 4 is 23.6 Å². The fourth-order valence-electron chi connectivity index (χ4n) is 5.19. The van der Waals surface area contributed by atoms with Crippen LogP contribution in [0.25, 0.3) is 0 Å². The first kappa shape index (κ1) is 36.8. The van der Waals surface area contributed by atoms with E-state index >= 15 is 0 Å². The fraction of sp³-hybridized carbons (Fsp3) is 0.371. The van der Waals surface area contributed by atoms with E-state index in [0.29, 0.717) is 50.5 Å². The van der Waals surface area contributed by atoms with Gasteiger partial charge in [0.25, 0.3) is 17.7 Å². The number of hydrogen-bond donors (Lipinski definition) is 4. The number of aliphatic hydroxyl groups excluding tert-OH is 1. The van der Waals surface area contributed by atoms with Gasteiger partial charge in [-0.1, -0.05) is 39.0 Å². The molecule has 0 aliphatic rings. The molecule has 0 bridgehead atoms. The standard InChI is InChI=1S/C35H43F2N5O5/c1-4-12-41(13-5-2)35(47)27-19-25(32(38)44)18-26(20-27)33(45)39-30(17-23-15-28(36)21-29(37)16-23)31(43)22-42(14-6-3)40-34(46)24-10-8-7-9-11-24/h7-11,15-16,18-21,30-31,43H,4-6,12-14,17,22H2,1-3H3,(H2,38,44)(H,39,45)(H,40,46). The number of amides is 4. The maximum Gasteiger partial charge on any atom is 0.265 e. The lowest BCUT2D eigenvalue weighted by Crippen LogP contribution is -2.53. The van der Waals surface area contributed by atoms with Crippen molar-refractivity contribution < 1.29 is 33.1 Å². The number of hydrazine groups is 1. The van der Waals surface area contributed by atoms with E-state index in [4.69, 9.17) is 5.73 Å². The van der Waals surface area contributed by atoms with Gasteiger partial charge in [-0.15, -0.1) is 0 Å². The van der Waals surface area contributed by atoms with Crippen molar-refractivity contribution in [2.24, 2.45) is 5.73 Å². The molecular weight excluding hydrogens is 608 g/mol. The van der Waals surface area contributed by atoms with Gasteiger partial charge in [-0.3, -0.25) is 24.6 Å². The predicted molar refractivity (Wildman–Crippen MR) is 175 cm³/mol. The van der Waals surface area contributed by atoms with E-state index in [1.807, 2.05) is 20.8 Å². The highest BCUT2D eigenvalue weighted by Gasteiger charge is 2.27.